The molecule has 0 heterocycles. The van der Waals surface area contributed by atoms with Gasteiger partial charge in [-0.2, -0.15) is 0 Å². The van der Waals surface area contributed by atoms with Crippen molar-refractivity contribution in [2.45, 2.75) is 16.7 Å². The second-order valence-electron chi connectivity index (χ2n) is 4.46. The summed E-state index contributed by atoms with van der Waals surface area (Å²) in [6, 6.07) is 18.0. The molecule has 0 aliphatic carbocycles. The zero-order valence-corrected chi connectivity index (χ0v) is 12.4. The number of hydrogen-bond acceptors (Lipinski definition) is 2. The normalized spacial score (nSPS) is 11.7. The first kappa shape index (κ1) is 14.4. The van der Waals surface area contributed by atoms with Gasteiger partial charge in [0.2, 0.25) is 0 Å². The SMILES string of the molecule is C=C(C)C(=O)Oc1ccc([S+](C)c2ccccc2)cc1. The number of ether oxygens (including phenoxy) is 1. The van der Waals surface area contributed by atoms with E-state index in [0.717, 1.165) is 0 Å². The Kier molecular flexibility index (Phi) is 4.64. The molecule has 0 saturated carbocycles. The molecule has 102 valence electrons. The van der Waals surface area contributed by atoms with Gasteiger partial charge in [-0.05, 0) is 43.3 Å². The van der Waals surface area contributed by atoms with E-state index in [1.807, 2.05) is 42.5 Å². The van der Waals surface area contributed by atoms with Crippen LogP contribution in [0.25, 0.3) is 0 Å². The minimum Gasteiger partial charge on any atom is -0.423 e. The lowest BCUT2D eigenvalue weighted by molar-refractivity contribution is -0.130. The van der Waals surface area contributed by atoms with E-state index in [1.54, 1.807) is 6.92 Å². The molecular formula is C17H17O2S+. The molecule has 2 nitrogen and oxygen atoms in total. The predicted octanol–water partition coefficient (Wildman–Crippen LogP) is 3.83. The van der Waals surface area contributed by atoms with Gasteiger partial charge in [0.15, 0.2) is 9.79 Å². The zero-order chi connectivity index (χ0) is 14.5. The Hall–Kier alpha value is -2.00. The highest BCUT2D eigenvalue weighted by Crippen LogP contribution is 2.23. The van der Waals surface area contributed by atoms with E-state index in [2.05, 4.69) is 25.0 Å². The first-order valence-electron chi connectivity index (χ1n) is 6.26. The molecule has 3 heteroatoms. The maximum atomic E-state index is 11.4. The quantitative estimate of drug-likeness (QED) is 0.369. The Morgan fingerprint density at radius 3 is 2.10 bits per heavy atom. The summed E-state index contributed by atoms with van der Waals surface area (Å²) in [6.07, 6.45) is 2.18. The van der Waals surface area contributed by atoms with Crippen molar-refractivity contribution in [3.05, 3.63) is 66.7 Å². The molecule has 20 heavy (non-hydrogen) atoms. The maximum Gasteiger partial charge on any atom is 0.338 e. The van der Waals surface area contributed by atoms with Crippen molar-refractivity contribution in [3.8, 4) is 5.75 Å². The second kappa shape index (κ2) is 6.44. The Balaban J connectivity index is 2.12. The molecular weight excluding hydrogens is 268 g/mol. The summed E-state index contributed by atoms with van der Waals surface area (Å²) in [7, 11) is 0.0154. The first-order chi connectivity index (χ1) is 9.58. The lowest BCUT2D eigenvalue weighted by atomic mass is 10.3. The molecule has 1 atom stereocenters. The van der Waals surface area contributed by atoms with Gasteiger partial charge >= 0.3 is 5.97 Å². The van der Waals surface area contributed by atoms with Gasteiger partial charge in [-0.15, -0.1) is 0 Å². The molecule has 0 spiro atoms. The molecule has 0 aliphatic rings. The fourth-order valence-electron chi connectivity index (χ4n) is 1.67. The molecule has 0 fully saturated rings. The summed E-state index contributed by atoms with van der Waals surface area (Å²) >= 11 is 0. The zero-order valence-electron chi connectivity index (χ0n) is 11.6. The molecule has 2 aromatic rings. The van der Waals surface area contributed by atoms with E-state index in [0.29, 0.717) is 11.3 Å². The van der Waals surface area contributed by atoms with Gasteiger partial charge in [0, 0.05) is 5.57 Å². The van der Waals surface area contributed by atoms with Crippen LogP contribution >= 0.6 is 0 Å². The van der Waals surface area contributed by atoms with Crippen LogP contribution in [0.5, 0.6) is 5.75 Å². The molecule has 2 aromatic carbocycles. The lowest BCUT2D eigenvalue weighted by Crippen LogP contribution is -2.08. The Bertz CT molecular complexity index is 603. The van der Waals surface area contributed by atoms with Gasteiger partial charge in [0.05, 0.1) is 10.9 Å². The Morgan fingerprint density at radius 2 is 1.55 bits per heavy atom. The highest BCUT2D eigenvalue weighted by Gasteiger charge is 2.18. The molecule has 0 amide bonds. The third-order valence-corrected chi connectivity index (χ3v) is 4.79. The lowest BCUT2D eigenvalue weighted by Gasteiger charge is -2.05. The van der Waals surface area contributed by atoms with Crippen LogP contribution in [0, 0.1) is 0 Å². The van der Waals surface area contributed by atoms with Crippen LogP contribution in [0.1, 0.15) is 6.92 Å². The molecule has 0 N–H and O–H groups in total. The van der Waals surface area contributed by atoms with Gasteiger partial charge in [-0.3, -0.25) is 0 Å². The van der Waals surface area contributed by atoms with Crippen LogP contribution in [0.4, 0.5) is 0 Å². The van der Waals surface area contributed by atoms with Crippen molar-refractivity contribution in [3.63, 3.8) is 0 Å². The third kappa shape index (κ3) is 3.52. The van der Waals surface area contributed by atoms with Crippen molar-refractivity contribution in [2.24, 2.45) is 0 Å². The standard InChI is InChI=1S/C17H17O2S/c1-13(2)17(18)19-14-9-11-16(12-10-14)20(3)15-7-5-4-6-8-15/h4-12H,1H2,2-3H3/q+1. The molecule has 0 aromatic heterocycles. The van der Waals surface area contributed by atoms with Crippen molar-refractivity contribution < 1.29 is 9.53 Å². The van der Waals surface area contributed by atoms with E-state index >= 15 is 0 Å². The summed E-state index contributed by atoms with van der Waals surface area (Å²) in [5.74, 6) is 0.156. The molecule has 0 aliphatic heterocycles. The minimum absolute atomic E-state index is 0.0154. The number of hydrogen-bond donors (Lipinski definition) is 0. The number of esters is 1. The average molecular weight is 285 g/mol. The van der Waals surface area contributed by atoms with Gasteiger partial charge in [0.1, 0.15) is 12.0 Å². The number of carbonyl (C=O) groups is 1. The topological polar surface area (TPSA) is 26.3 Å². The van der Waals surface area contributed by atoms with Gasteiger partial charge < -0.3 is 4.74 Å². The minimum atomic E-state index is -0.392. The second-order valence-corrected chi connectivity index (χ2v) is 6.43. The van der Waals surface area contributed by atoms with Gasteiger partial charge in [0.25, 0.3) is 0 Å². The van der Waals surface area contributed by atoms with Crippen LogP contribution in [0.2, 0.25) is 0 Å². The highest BCUT2D eigenvalue weighted by atomic mass is 32.2. The largest absolute Gasteiger partial charge is 0.423 e. The average Bonchev–Trinajstić information content (AvgIpc) is 2.48. The molecule has 0 bridgehead atoms. The molecule has 0 saturated heterocycles. The van der Waals surface area contributed by atoms with Gasteiger partial charge in [-0.1, -0.05) is 24.8 Å². The smallest absolute Gasteiger partial charge is 0.338 e. The van der Waals surface area contributed by atoms with E-state index in [9.17, 15) is 4.79 Å². The van der Waals surface area contributed by atoms with E-state index in [-0.39, 0.29) is 10.9 Å². The summed E-state index contributed by atoms with van der Waals surface area (Å²) in [5, 5.41) is 0. The highest BCUT2D eigenvalue weighted by molar-refractivity contribution is 7.96. The fraction of sp³-hybridized carbons (Fsp3) is 0.118. The van der Waals surface area contributed by atoms with Crippen molar-refractivity contribution in [2.75, 3.05) is 6.26 Å². The van der Waals surface area contributed by atoms with Crippen LogP contribution < -0.4 is 4.74 Å². The number of rotatable bonds is 4. The summed E-state index contributed by atoms with van der Waals surface area (Å²) in [5.41, 5.74) is 0.397. The van der Waals surface area contributed by atoms with Crippen molar-refractivity contribution in [1.82, 2.24) is 0 Å². The van der Waals surface area contributed by atoms with E-state index in [1.165, 1.54) is 9.79 Å². The van der Waals surface area contributed by atoms with Crippen LogP contribution in [0.3, 0.4) is 0 Å². The summed E-state index contributed by atoms with van der Waals surface area (Å²) in [4.78, 5) is 13.9. The summed E-state index contributed by atoms with van der Waals surface area (Å²) < 4.78 is 5.18. The van der Waals surface area contributed by atoms with E-state index < -0.39 is 5.97 Å². The van der Waals surface area contributed by atoms with Crippen molar-refractivity contribution in [1.29, 1.82) is 0 Å². The molecule has 1 unspecified atom stereocenters. The summed E-state index contributed by atoms with van der Waals surface area (Å²) in [6.45, 7) is 5.20. The number of benzene rings is 2. The molecule has 0 radical (unpaired) electrons. The van der Waals surface area contributed by atoms with Crippen molar-refractivity contribution >= 4 is 16.9 Å². The van der Waals surface area contributed by atoms with E-state index in [4.69, 9.17) is 4.74 Å². The predicted molar refractivity (Wildman–Crippen MR) is 83.2 cm³/mol. The van der Waals surface area contributed by atoms with Crippen LogP contribution in [-0.4, -0.2) is 12.2 Å². The third-order valence-electron chi connectivity index (χ3n) is 2.83. The van der Waals surface area contributed by atoms with Gasteiger partial charge in [-0.25, -0.2) is 4.79 Å². The Labute approximate surface area is 122 Å². The monoisotopic (exact) mass is 285 g/mol. The first-order valence-corrected chi connectivity index (χ1v) is 7.90. The van der Waals surface area contributed by atoms with Crippen LogP contribution in [0.15, 0.2) is 76.5 Å². The number of carbonyl (C=O) groups excluding carboxylic acids is 1. The van der Waals surface area contributed by atoms with Crippen LogP contribution in [-0.2, 0) is 15.7 Å². The Morgan fingerprint density at radius 1 is 1.00 bits per heavy atom. The maximum absolute atomic E-state index is 11.4. The fourth-order valence-corrected chi connectivity index (χ4v) is 3.05. The molecule has 2 rings (SSSR count).